The maximum Gasteiger partial charge on any atom is 0.313 e. The summed E-state index contributed by atoms with van der Waals surface area (Å²) in [4.78, 5) is 24.8. The minimum Gasteiger partial charge on any atom is -0.469 e. The molecular weight excluding hydrogens is 356 g/mol. The molecule has 130 valence electrons. The van der Waals surface area contributed by atoms with Gasteiger partial charge in [0, 0.05) is 10.4 Å². The van der Waals surface area contributed by atoms with E-state index in [2.05, 4.69) is 5.10 Å². The Labute approximate surface area is 152 Å². The van der Waals surface area contributed by atoms with E-state index in [0.717, 1.165) is 0 Å². The molecule has 0 radical (unpaired) electrons. The quantitative estimate of drug-likeness (QED) is 0.518. The summed E-state index contributed by atoms with van der Waals surface area (Å²) in [5.74, 6) is -0.264. The molecular formula is C19H13ClN2O4. The fourth-order valence-electron chi connectivity index (χ4n) is 2.86. The van der Waals surface area contributed by atoms with Crippen molar-refractivity contribution in [1.82, 2.24) is 9.78 Å². The fraction of sp³-hybridized carbons (Fsp3) is 0.105. The molecule has 0 unspecified atom stereocenters. The molecule has 0 saturated carbocycles. The van der Waals surface area contributed by atoms with Crippen molar-refractivity contribution in [2.45, 2.75) is 6.42 Å². The van der Waals surface area contributed by atoms with Crippen LogP contribution in [-0.4, -0.2) is 22.9 Å². The van der Waals surface area contributed by atoms with Gasteiger partial charge in [0.1, 0.15) is 29.0 Å². The van der Waals surface area contributed by atoms with Crippen LogP contribution in [0.1, 0.15) is 5.76 Å². The zero-order valence-electron chi connectivity index (χ0n) is 13.7. The molecule has 2 aliphatic heterocycles. The lowest BCUT2D eigenvalue weighted by atomic mass is 10.1. The Balaban J connectivity index is 2.03. The van der Waals surface area contributed by atoms with Gasteiger partial charge in [-0.15, -0.1) is 0 Å². The van der Waals surface area contributed by atoms with Crippen LogP contribution in [-0.2, 0) is 16.0 Å². The Morgan fingerprint density at radius 1 is 1.19 bits per heavy atom. The van der Waals surface area contributed by atoms with E-state index in [4.69, 9.17) is 20.8 Å². The van der Waals surface area contributed by atoms with Gasteiger partial charge in [0.2, 0.25) is 0 Å². The second-order valence-corrected chi connectivity index (χ2v) is 6.13. The number of carbonyl (C=O) groups is 1. The highest BCUT2D eigenvalue weighted by Crippen LogP contribution is 2.31. The third-order valence-electron chi connectivity index (χ3n) is 4.10. The SMILES string of the molecule is COC(=O)Cc1oc2ccccc2c2nn(-c3ccc(Cl)cc3)c(=O)c1-2. The first-order chi connectivity index (χ1) is 12.6. The van der Waals surface area contributed by atoms with E-state index in [9.17, 15) is 9.59 Å². The summed E-state index contributed by atoms with van der Waals surface area (Å²) >= 11 is 5.92. The van der Waals surface area contributed by atoms with Crippen LogP contribution in [0, 0.1) is 0 Å². The number of hydrogen-bond acceptors (Lipinski definition) is 5. The van der Waals surface area contributed by atoms with Crippen molar-refractivity contribution >= 4 is 28.5 Å². The topological polar surface area (TPSA) is 74.3 Å². The van der Waals surface area contributed by atoms with E-state index in [0.29, 0.717) is 27.4 Å². The van der Waals surface area contributed by atoms with E-state index in [-0.39, 0.29) is 23.3 Å². The Morgan fingerprint density at radius 3 is 2.65 bits per heavy atom. The highest BCUT2D eigenvalue weighted by molar-refractivity contribution is 6.30. The zero-order valence-corrected chi connectivity index (χ0v) is 14.5. The average Bonchev–Trinajstić information content (AvgIpc) is 3.00. The first-order valence-corrected chi connectivity index (χ1v) is 8.22. The van der Waals surface area contributed by atoms with Crippen LogP contribution in [0.15, 0.2) is 57.7 Å². The number of fused-ring (bicyclic) bond motifs is 3. The summed E-state index contributed by atoms with van der Waals surface area (Å²) in [7, 11) is 1.29. The van der Waals surface area contributed by atoms with Crippen molar-refractivity contribution in [3.8, 4) is 16.9 Å². The second-order valence-electron chi connectivity index (χ2n) is 5.69. The minimum atomic E-state index is -0.496. The van der Waals surface area contributed by atoms with Crippen LogP contribution in [0.2, 0.25) is 5.02 Å². The lowest BCUT2D eigenvalue weighted by molar-refractivity contribution is -0.140. The summed E-state index contributed by atoms with van der Waals surface area (Å²) in [6, 6.07) is 14.0. The maximum atomic E-state index is 13.0. The Hall–Kier alpha value is -3.12. The molecule has 0 aromatic heterocycles. The second kappa shape index (κ2) is 6.31. The number of aromatic nitrogens is 2. The molecule has 0 spiro atoms. The van der Waals surface area contributed by atoms with Gasteiger partial charge >= 0.3 is 5.97 Å². The van der Waals surface area contributed by atoms with Crippen molar-refractivity contribution in [2.24, 2.45) is 0 Å². The molecule has 7 heteroatoms. The molecule has 0 N–H and O–H groups in total. The smallest absolute Gasteiger partial charge is 0.313 e. The van der Waals surface area contributed by atoms with Gasteiger partial charge in [-0.25, -0.2) is 0 Å². The van der Waals surface area contributed by atoms with Gasteiger partial charge in [0.15, 0.2) is 0 Å². The predicted molar refractivity (Wildman–Crippen MR) is 97.0 cm³/mol. The normalized spacial score (nSPS) is 11.2. The maximum absolute atomic E-state index is 13.0. The van der Waals surface area contributed by atoms with Gasteiger partial charge in [-0.2, -0.15) is 9.78 Å². The molecule has 6 nitrogen and oxygen atoms in total. The number of esters is 1. The summed E-state index contributed by atoms with van der Waals surface area (Å²) in [5.41, 5.74) is 1.49. The molecule has 0 bridgehead atoms. The third-order valence-corrected chi connectivity index (χ3v) is 4.35. The largest absolute Gasteiger partial charge is 0.469 e. The van der Waals surface area contributed by atoms with Crippen molar-refractivity contribution in [3.05, 3.63) is 69.7 Å². The zero-order chi connectivity index (χ0) is 18.3. The molecule has 0 amide bonds. The number of nitrogens with zero attached hydrogens (tertiary/aromatic N) is 2. The van der Waals surface area contributed by atoms with E-state index < -0.39 is 5.97 Å². The summed E-state index contributed by atoms with van der Waals surface area (Å²) in [5, 5.41) is 5.74. The van der Waals surface area contributed by atoms with Crippen molar-refractivity contribution in [3.63, 3.8) is 0 Å². The van der Waals surface area contributed by atoms with Gasteiger partial charge in [-0.3, -0.25) is 9.59 Å². The number of benzene rings is 2. The molecule has 0 fully saturated rings. The summed E-state index contributed by atoms with van der Waals surface area (Å²) in [6.45, 7) is 0. The Bertz CT molecular complexity index is 1140. The first kappa shape index (κ1) is 16.4. The van der Waals surface area contributed by atoms with Crippen LogP contribution in [0.4, 0.5) is 0 Å². The molecule has 4 rings (SSSR count). The van der Waals surface area contributed by atoms with Gasteiger partial charge in [0.05, 0.1) is 12.8 Å². The molecule has 2 heterocycles. The lowest BCUT2D eigenvalue weighted by Crippen LogP contribution is -2.16. The van der Waals surface area contributed by atoms with E-state index in [1.807, 2.05) is 18.2 Å². The van der Waals surface area contributed by atoms with Crippen LogP contribution in [0.3, 0.4) is 0 Å². The van der Waals surface area contributed by atoms with Crippen LogP contribution < -0.4 is 5.56 Å². The number of ether oxygens (including phenoxy) is 1. The lowest BCUT2D eigenvalue weighted by Gasteiger charge is -2.07. The van der Waals surface area contributed by atoms with Crippen molar-refractivity contribution < 1.29 is 13.9 Å². The third kappa shape index (κ3) is 2.64. The molecule has 0 aliphatic carbocycles. The van der Waals surface area contributed by atoms with E-state index in [1.165, 1.54) is 11.8 Å². The average molecular weight is 369 g/mol. The van der Waals surface area contributed by atoms with Gasteiger partial charge < -0.3 is 9.15 Å². The number of methoxy groups -OCH3 is 1. The number of hydrogen-bond donors (Lipinski definition) is 0. The van der Waals surface area contributed by atoms with Crippen LogP contribution >= 0.6 is 11.6 Å². The Morgan fingerprint density at radius 2 is 1.92 bits per heavy atom. The Kier molecular flexibility index (Phi) is 3.97. The molecule has 0 atom stereocenters. The first-order valence-electron chi connectivity index (χ1n) is 7.84. The monoisotopic (exact) mass is 368 g/mol. The standard InChI is InChI=1S/C19H13ClN2O4/c1-25-16(23)10-15-17-18(13-4-2-3-5-14(13)26-15)21-22(19(17)24)12-8-6-11(20)7-9-12/h2-9H,10H2,1H3. The summed E-state index contributed by atoms with van der Waals surface area (Å²) in [6.07, 6.45) is -0.153. The van der Waals surface area contributed by atoms with E-state index in [1.54, 1.807) is 30.3 Å². The van der Waals surface area contributed by atoms with Crippen molar-refractivity contribution in [2.75, 3.05) is 7.11 Å². The highest BCUT2D eigenvalue weighted by Gasteiger charge is 2.26. The van der Waals surface area contributed by atoms with Gasteiger partial charge in [0.25, 0.3) is 5.56 Å². The van der Waals surface area contributed by atoms with Crippen LogP contribution in [0.5, 0.6) is 0 Å². The molecule has 2 aliphatic rings. The van der Waals surface area contributed by atoms with Crippen LogP contribution in [0.25, 0.3) is 27.9 Å². The number of para-hydroxylation sites is 1. The molecule has 0 saturated heterocycles. The van der Waals surface area contributed by atoms with Gasteiger partial charge in [-0.1, -0.05) is 23.7 Å². The number of carbonyl (C=O) groups excluding carboxylic acids is 1. The fourth-order valence-corrected chi connectivity index (χ4v) is 2.99. The van der Waals surface area contributed by atoms with Crippen molar-refractivity contribution in [1.29, 1.82) is 0 Å². The number of rotatable bonds is 3. The van der Waals surface area contributed by atoms with E-state index >= 15 is 0 Å². The molecule has 2 aromatic rings. The predicted octanol–water partition coefficient (Wildman–Crippen LogP) is 3.45. The summed E-state index contributed by atoms with van der Waals surface area (Å²) < 4.78 is 11.8. The minimum absolute atomic E-state index is 0.153. The highest BCUT2D eigenvalue weighted by atomic mass is 35.5. The molecule has 26 heavy (non-hydrogen) atoms. The van der Waals surface area contributed by atoms with Gasteiger partial charge in [-0.05, 0) is 36.4 Å². The molecule has 2 aromatic carbocycles. The number of halogens is 1.